The third-order valence-electron chi connectivity index (χ3n) is 2.82. The van der Waals surface area contributed by atoms with Gasteiger partial charge < -0.3 is 10.6 Å². The maximum Gasteiger partial charge on any atom is 0.246 e. The standard InChI is InChI=1S/C12H23N3O2/c1-12(2,3)14-8-7-13-9-5-6-10(16)15(4)11(9)17/h9,13-14H,5-8H2,1-4H3. The van der Waals surface area contributed by atoms with Crippen LogP contribution in [0.2, 0.25) is 0 Å². The van der Waals surface area contributed by atoms with Gasteiger partial charge in [-0.1, -0.05) is 0 Å². The molecule has 0 aromatic carbocycles. The van der Waals surface area contributed by atoms with E-state index < -0.39 is 0 Å². The highest BCUT2D eigenvalue weighted by molar-refractivity contribution is 6.00. The molecule has 0 saturated carbocycles. The van der Waals surface area contributed by atoms with Gasteiger partial charge in [-0.3, -0.25) is 14.5 Å². The molecule has 1 heterocycles. The van der Waals surface area contributed by atoms with E-state index in [1.807, 2.05) is 0 Å². The van der Waals surface area contributed by atoms with Gasteiger partial charge in [0.05, 0.1) is 6.04 Å². The van der Waals surface area contributed by atoms with Gasteiger partial charge >= 0.3 is 0 Å². The molecule has 1 unspecified atom stereocenters. The average molecular weight is 241 g/mol. The summed E-state index contributed by atoms with van der Waals surface area (Å²) in [6.07, 6.45) is 1.06. The van der Waals surface area contributed by atoms with E-state index in [4.69, 9.17) is 0 Å². The first-order valence-electron chi connectivity index (χ1n) is 6.10. The molecular weight excluding hydrogens is 218 g/mol. The fraction of sp³-hybridized carbons (Fsp3) is 0.833. The van der Waals surface area contributed by atoms with Crippen molar-refractivity contribution in [3.8, 4) is 0 Å². The summed E-state index contributed by atoms with van der Waals surface area (Å²) in [4.78, 5) is 24.2. The van der Waals surface area contributed by atoms with Gasteiger partial charge in [0.1, 0.15) is 0 Å². The summed E-state index contributed by atoms with van der Waals surface area (Å²) in [5.74, 6) is -0.196. The van der Waals surface area contributed by atoms with Gasteiger partial charge in [-0.15, -0.1) is 0 Å². The third kappa shape index (κ3) is 4.44. The van der Waals surface area contributed by atoms with Crippen molar-refractivity contribution in [3.05, 3.63) is 0 Å². The van der Waals surface area contributed by atoms with Crippen molar-refractivity contribution in [2.24, 2.45) is 0 Å². The van der Waals surface area contributed by atoms with Crippen LogP contribution in [0.15, 0.2) is 0 Å². The van der Waals surface area contributed by atoms with E-state index >= 15 is 0 Å². The number of hydrogen-bond donors (Lipinski definition) is 2. The highest BCUT2D eigenvalue weighted by Crippen LogP contribution is 2.10. The van der Waals surface area contributed by atoms with Gasteiger partial charge in [0.25, 0.3) is 0 Å². The Morgan fingerprint density at radius 2 is 1.94 bits per heavy atom. The fourth-order valence-corrected chi connectivity index (χ4v) is 1.79. The van der Waals surface area contributed by atoms with Gasteiger partial charge in [-0.05, 0) is 27.2 Å². The molecular formula is C12H23N3O2. The second-order valence-corrected chi connectivity index (χ2v) is 5.51. The van der Waals surface area contributed by atoms with Crippen LogP contribution in [0.25, 0.3) is 0 Å². The second kappa shape index (κ2) is 5.60. The van der Waals surface area contributed by atoms with E-state index in [0.717, 1.165) is 13.1 Å². The van der Waals surface area contributed by atoms with Crippen LogP contribution in [0.1, 0.15) is 33.6 Å². The maximum atomic E-state index is 11.7. The van der Waals surface area contributed by atoms with Crippen LogP contribution in [0, 0.1) is 0 Å². The molecule has 2 N–H and O–H groups in total. The summed E-state index contributed by atoms with van der Waals surface area (Å²) in [5, 5.41) is 6.53. The van der Waals surface area contributed by atoms with Crippen LogP contribution >= 0.6 is 0 Å². The van der Waals surface area contributed by atoms with Gasteiger partial charge in [0, 0.05) is 32.1 Å². The number of carbonyl (C=O) groups is 2. The zero-order valence-electron chi connectivity index (χ0n) is 11.2. The molecule has 0 aromatic rings. The quantitative estimate of drug-likeness (QED) is 0.542. The summed E-state index contributed by atoms with van der Waals surface area (Å²) in [7, 11) is 1.55. The van der Waals surface area contributed by atoms with Crippen molar-refractivity contribution < 1.29 is 9.59 Å². The van der Waals surface area contributed by atoms with Crippen LogP contribution in [0.4, 0.5) is 0 Å². The number of likely N-dealkylation sites (tertiary alicyclic amines) is 1. The minimum Gasteiger partial charge on any atom is -0.311 e. The Morgan fingerprint density at radius 3 is 2.53 bits per heavy atom. The average Bonchev–Trinajstić information content (AvgIpc) is 2.22. The highest BCUT2D eigenvalue weighted by Gasteiger charge is 2.30. The molecule has 1 aliphatic heterocycles. The molecule has 17 heavy (non-hydrogen) atoms. The van der Waals surface area contributed by atoms with Crippen molar-refractivity contribution in [1.29, 1.82) is 0 Å². The van der Waals surface area contributed by atoms with Crippen LogP contribution in [0.5, 0.6) is 0 Å². The number of piperidine rings is 1. The van der Waals surface area contributed by atoms with Crippen molar-refractivity contribution in [2.75, 3.05) is 20.1 Å². The normalized spacial score (nSPS) is 22.1. The number of carbonyl (C=O) groups excluding carboxylic acids is 2. The number of nitrogens with zero attached hydrogens (tertiary/aromatic N) is 1. The molecule has 1 rings (SSSR count). The smallest absolute Gasteiger partial charge is 0.246 e. The first-order chi connectivity index (χ1) is 7.81. The Balaban J connectivity index is 2.28. The van der Waals surface area contributed by atoms with Gasteiger partial charge in [-0.2, -0.15) is 0 Å². The molecule has 5 nitrogen and oxygen atoms in total. The molecule has 1 atom stereocenters. The molecule has 0 radical (unpaired) electrons. The largest absolute Gasteiger partial charge is 0.311 e. The predicted molar refractivity (Wildman–Crippen MR) is 66.6 cm³/mol. The summed E-state index contributed by atoms with van der Waals surface area (Å²) in [6.45, 7) is 7.85. The Labute approximate surface area is 103 Å². The second-order valence-electron chi connectivity index (χ2n) is 5.51. The lowest BCUT2D eigenvalue weighted by Gasteiger charge is -2.29. The summed E-state index contributed by atoms with van der Waals surface area (Å²) in [6, 6.07) is -0.209. The number of rotatable bonds is 4. The predicted octanol–water partition coefficient (Wildman–Crippen LogP) is 0.112. The van der Waals surface area contributed by atoms with E-state index in [9.17, 15) is 9.59 Å². The number of imide groups is 1. The van der Waals surface area contributed by atoms with Crippen molar-refractivity contribution in [1.82, 2.24) is 15.5 Å². The maximum absolute atomic E-state index is 11.7. The SMILES string of the molecule is CN1C(=O)CCC(NCCNC(C)(C)C)C1=O. The Hall–Kier alpha value is -0.940. The summed E-state index contributed by atoms with van der Waals surface area (Å²) >= 11 is 0. The molecule has 5 heteroatoms. The number of likely N-dealkylation sites (N-methyl/N-ethyl adjacent to an activating group) is 1. The molecule has 1 aliphatic rings. The van der Waals surface area contributed by atoms with E-state index in [1.54, 1.807) is 7.05 Å². The van der Waals surface area contributed by atoms with Crippen molar-refractivity contribution in [3.63, 3.8) is 0 Å². The van der Waals surface area contributed by atoms with E-state index in [2.05, 4.69) is 31.4 Å². The molecule has 0 bridgehead atoms. The molecule has 0 aromatic heterocycles. The van der Waals surface area contributed by atoms with Crippen LogP contribution in [0.3, 0.4) is 0 Å². The van der Waals surface area contributed by atoms with Crippen LogP contribution in [-0.4, -0.2) is 48.4 Å². The molecule has 0 aliphatic carbocycles. The van der Waals surface area contributed by atoms with Crippen LogP contribution < -0.4 is 10.6 Å². The Kier molecular flexibility index (Phi) is 4.65. The Morgan fingerprint density at radius 1 is 1.29 bits per heavy atom. The minimum atomic E-state index is -0.209. The summed E-state index contributed by atoms with van der Waals surface area (Å²) in [5.41, 5.74) is 0.0883. The highest BCUT2D eigenvalue weighted by atomic mass is 16.2. The Bertz CT molecular complexity index is 297. The lowest BCUT2D eigenvalue weighted by molar-refractivity contribution is -0.148. The molecule has 1 fully saturated rings. The summed E-state index contributed by atoms with van der Waals surface area (Å²) < 4.78 is 0. The third-order valence-corrected chi connectivity index (χ3v) is 2.82. The topological polar surface area (TPSA) is 61.4 Å². The van der Waals surface area contributed by atoms with Gasteiger partial charge in [0.2, 0.25) is 11.8 Å². The number of nitrogens with one attached hydrogen (secondary N) is 2. The lowest BCUT2D eigenvalue weighted by atomic mass is 10.0. The van der Waals surface area contributed by atoms with Crippen molar-refractivity contribution >= 4 is 11.8 Å². The van der Waals surface area contributed by atoms with E-state index in [-0.39, 0.29) is 23.4 Å². The lowest BCUT2D eigenvalue weighted by Crippen LogP contribution is -2.53. The number of hydrogen-bond acceptors (Lipinski definition) is 4. The monoisotopic (exact) mass is 241 g/mol. The van der Waals surface area contributed by atoms with E-state index in [0.29, 0.717) is 12.8 Å². The van der Waals surface area contributed by atoms with Gasteiger partial charge in [-0.25, -0.2) is 0 Å². The fourth-order valence-electron chi connectivity index (χ4n) is 1.79. The first-order valence-corrected chi connectivity index (χ1v) is 6.10. The zero-order chi connectivity index (χ0) is 13.1. The molecule has 0 spiro atoms. The zero-order valence-corrected chi connectivity index (χ0v) is 11.2. The van der Waals surface area contributed by atoms with Gasteiger partial charge in [0.15, 0.2) is 0 Å². The van der Waals surface area contributed by atoms with Crippen LogP contribution in [-0.2, 0) is 9.59 Å². The number of amides is 2. The molecule has 1 saturated heterocycles. The first kappa shape index (κ1) is 14.1. The molecule has 2 amide bonds. The molecule has 98 valence electrons. The minimum absolute atomic E-state index is 0.0825. The van der Waals surface area contributed by atoms with Crippen molar-refractivity contribution in [2.45, 2.75) is 45.2 Å². The van der Waals surface area contributed by atoms with E-state index in [1.165, 1.54) is 4.90 Å².